The van der Waals surface area contributed by atoms with Crippen LogP contribution in [0.3, 0.4) is 0 Å². The summed E-state index contributed by atoms with van der Waals surface area (Å²) in [5, 5.41) is 5.39. The lowest BCUT2D eigenvalue weighted by Crippen LogP contribution is -2.25. The van der Waals surface area contributed by atoms with Crippen LogP contribution >= 0.6 is 11.8 Å². The summed E-state index contributed by atoms with van der Waals surface area (Å²) in [6.45, 7) is 7.75. The van der Waals surface area contributed by atoms with Gasteiger partial charge in [0.05, 0.1) is 12.6 Å². The molecule has 0 saturated carbocycles. The topological polar surface area (TPSA) is 24.4 Å². The molecule has 1 N–H and O–H groups in total. The molecule has 0 spiro atoms. The third-order valence-corrected chi connectivity index (χ3v) is 4.50. The Balaban J connectivity index is 1.90. The van der Waals surface area contributed by atoms with E-state index >= 15 is 0 Å². The van der Waals surface area contributed by atoms with E-state index in [9.17, 15) is 0 Å². The Bertz CT molecular complexity index is 414. The number of hydrogen-bond acceptors (Lipinski definition) is 3. The molecule has 1 aliphatic rings. The Morgan fingerprint density at radius 2 is 2.05 bits per heavy atom. The second kappa shape index (κ2) is 6.99. The van der Waals surface area contributed by atoms with Crippen molar-refractivity contribution in [1.29, 1.82) is 0 Å². The van der Waals surface area contributed by atoms with E-state index in [1.807, 2.05) is 11.8 Å². The van der Waals surface area contributed by atoms with Crippen LogP contribution in [-0.2, 0) is 0 Å². The summed E-state index contributed by atoms with van der Waals surface area (Å²) in [6.07, 6.45) is 2.33. The Labute approximate surface area is 121 Å². The largest absolute Gasteiger partial charge is 0.358 e. The first-order valence-corrected chi connectivity index (χ1v) is 8.09. The van der Waals surface area contributed by atoms with Gasteiger partial charge in [-0.1, -0.05) is 62.9 Å². The number of nitrogens with one attached hydrogen (secondary N) is 1. The molecule has 1 aromatic rings. The van der Waals surface area contributed by atoms with E-state index in [4.69, 9.17) is 0 Å². The van der Waals surface area contributed by atoms with Gasteiger partial charge in [-0.3, -0.25) is 4.99 Å². The van der Waals surface area contributed by atoms with E-state index in [1.54, 1.807) is 0 Å². The number of hydrogen-bond donors (Lipinski definition) is 1. The summed E-state index contributed by atoms with van der Waals surface area (Å²) in [5.41, 5.74) is 1.35. The fourth-order valence-corrected chi connectivity index (χ4v) is 3.71. The number of nitrogens with zero attached hydrogens (tertiary/aromatic N) is 1. The molecule has 0 aliphatic carbocycles. The Morgan fingerprint density at radius 3 is 2.68 bits per heavy atom. The van der Waals surface area contributed by atoms with Gasteiger partial charge in [0.15, 0.2) is 5.17 Å². The van der Waals surface area contributed by atoms with Gasteiger partial charge in [-0.15, -0.1) is 0 Å². The Hall–Kier alpha value is -0.960. The Kier molecular flexibility index (Phi) is 5.32. The molecule has 0 fully saturated rings. The minimum absolute atomic E-state index is 0.380. The number of amidine groups is 1. The molecule has 0 saturated heterocycles. The smallest absolute Gasteiger partial charge is 0.157 e. The van der Waals surface area contributed by atoms with Gasteiger partial charge in [0.2, 0.25) is 0 Å². The summed E-state index contributed by atoms with van der Waals surface area (Å²) < 4.78 is 0. The first-order chi connectivity index (χ1) is 9.19. The van der Waals surface area contributed by atoms with E-state index in [1.165, 1.54) is 12.0 Å². The van der Waals surface area contributed by atoms with Crippen LogP contribution in [0.1, 0.15) is 45.2 Å². The van der Waals surface area contributed by atoms with E-state index in [0.717, 1.165) is 24.1 Å². The van der Waals surface area contributed by atoms with Crippen LogP contribution in [0, 0.1) is 5.92 Å². The van der Waals surface area contributed by atoms with Gasteiger partial charge in [0.1, 0.15) is 0 Å². The maximum absolute atomic E-state index is 4.65. The maximum Gasteiger partial charge on any atom is 0.157 e. The van der Waals surface area contributed by atoms with Crippen molar-refractivity contribution in [3.05, 3.63) is 35.9 Å². The Morgan fingerprint density at radius 1 is 1.32 bits per heavy atom. The highest BCUT2D eigenvalue weighted by Gasteiger charge is 2.22. The summed E-state index contributed by atoms with van der Waals surface area (Å²) >= 11 is 1.92. The van der Waals surface area contributed by atoms with Crippen molar-refractivity contribution in [3.63, 3.8) is 0 Å². The fourth-order valence-electron chi connectivity index (χ4n) is 2.40. The highest BCUT2D eigenvalue weighted by atomic mass is 32.2. The molecule has 3 heteroatoms. The van der Waals surface area contributed by atoms with Crippen molar-refractivity contribution in [2.45, 2.75) is 44.9 Å². The number of rotatable bonds is 5. The van der Waals surface area contributed by atoms with E-state index in [0.29, 0.717) is 11.3 Å². The molecule has 1 aromatic carbocycles. The predicted octanol–water partition coefficient (Wildman–Crippen LogP) is 4.24. The molecule has 0 aromatic heterocycles. The predicted molar refractivity (Wildman–Crippen MR) is 85.7 cm³/mol. The quantitative estimate of drug-likeness (QED) is 0.869. The third kappa shape index (κ3) is 4.27. The molecule has 19 heavy (non-hydrogen) atoms. The number of thioether (sulfide) groups is 1. The van der Waals surface area contributed by atoms with Gasteiger partial charge in [-0.05, 0) is 24.3 Å². The van der Waals surface area contributed by atoms with Gasteiger partial charge in [0, 0.05) is 5.25 Å². The van der Waals surface area contributed by atoms with Crippen LogP contribution in [0.15, 0.2) is 35.3 Å². The zero-order chi connectivity index (χ0) is 13.7. The zero-order valence-electron chi connectivity index (χ0n) is 12.1. The second-order valence-corrected chi connectivity index (χ2v) is 6.82. The summed E-state index contributed by atoms with van der Waals surface area (Å²) in [5.74, 6) is 0.753. The van der Waals surface area contributed by atoms with E-state index in [2.05, 4.69) is 61.4 Å². The molecule has 2 unspecified atom stereocenters. The first kappa shape index (κ1) is 14.4. The van der Waals surface area contributed by atoms with Crippen molar-refractivity contribution < 1.29 is 0 Å². The van der Waals surface area contributed by atoms with Crippen LogP contribution < -0.4 is 5.32 Å². The molecule has 0 radical (unpaired) electrons. The van der Waals surface area contributed by atoms with E-state index in [-0.39, 0.29) is 0 Å². The molecule has 1 aliphatic heterocycles. The standard InChI is InChI=1S/C16H24N2S/c1-4-15(13-8-6-5-7-9-13)18-16-17-11-14(19-16)10-12(2)3/h5-9,12,14-15H,4,10-11H2,1-3H3,(H,17,18). The lowest BCUT2D eigenvalue weighted by atomic mass is 10.1. The van der Waals surface area contributed by atoms with Crippen molar-refractivity contribution in [2.24, 2.45) is 10.9 Å². The van der Waals surface area contributed by atoms with Crippen LogP contribution in [0.2, 0.25) is 0 Å². The molecule has 104 valence electrons. The molecule has 2 nitrogen and oxygen atoms in total. The van der Waals surface area contributed by atoms with Gasteiger partial charge in [-0.2, -0.15) is 0 Å². The lowest BCUT2D eigenvalue weighted by molar-refractivity contribution is 0.575. The molecule has 2 atom stereocenters. The minimum Gasteiger partial charge on any atom is -0.358 e. The van der Waals surface area contributed by atoms with Crippen molar-refractivity contribution in [1.82, 2.24) is 5.32 Å². The minimum atomic E-state index is 0.380. The summed E-state index contributed by atoms with van der Waals surface area (Å²) in [4.78, 5) is 4.65. The second-order valence-electron chi connectivity index (χ2n) is 5.53. The van der Waals surface area contributed by atoms with Crippen LogP contribution in [0.5, 0.6) is 0 Å². The SMILES string of the molecule is CCC(NC1=NCC(CC(C)C)S1)c1ccccc1. The van der Waals surface area contributed by atoms with Crippen LogP contribution in [0.25, 0.3) is 0 Å². The lowest BCUT2D eigenvalue weighted by Gasteiger charge is -2.19. The van der Waals surface area contributed by atoms with Crippen molar-refractivity contribution in [2.75, 3.05) is 6.54 Å². The fraction of sp³-hybridized carbons (Fsp3) is 0.562. The summed E-state index contributed by atoms with van der Waals surface area (Å²) in [7, 11) is 0. The zero-order valence-corrected chi connectivity index (χ0v) is 12.9. The van der Waals surface area contributed by atoms with Gasteiger partial charge >= 0.3 is 0 Å². The van der Waals surface area contributed by atoms with Gasteiger partial charge < -0.3 is 5.32 Å². The van der Waals surface area contributed by atoms with Gasteiger partial charge in [0.25, 0.3) is 0 Å². The number of aliphatic imine (C=N–C) groups is 1. The van der Waals surface area contributed by atoms with Crippen molar-refractivity contribution >= 4 is 16.9 Å². The number of benzene rings is 1. The van der Waals surface area contributed by atoms with Gasteiger partial charge in [-0.25, -0.2) is 0 Å². The van der Waals surface area contributed by atoms with E-state index < -0.39 is 0 Å². The van der Waals surface area contributed by atoms with Crippen LogP contribution in [-0.4, -0.2) is 17.0 Å². The average Bonchev–Trinajstić information content (AvgIpc) is 2.83. The highest BCUT2D eigenvalue weighted by molar-refractivity contribution is 8.14. The molecule has 0 bridgehead atoms. The monoisotopic (exact) mass is 276 g/mol. The van der Waals surface area contributed by atoms with Crippen LogP contribution in [0.4, 0.5) is 0 Å². The van der Waals surface area contributed by atoms with Crippen molar-refractivity contribution in [3.8, 4) is 0 Å². The molecular weight excluding hydrogens is 252 g/mol. The highest BCUT2D eigenvalue weighted by Crippen LogP contribution is 2.27. The maximum atomic E-state index is 4.65. The molecular formula is C16H24N2S. The average molecular weight is 276 g/mol. The third-order valence-electron chi connectivity index (χ3n) is 3.36. The molecule has 0 amide bonds. The summed E-state index contributed by atoms with van der Waals surface area (Å²) in [6, 6.07) is 11.0. The molecule has 2 rings (SSSR count). The molecule has 1 heterocycles. The normalized spacial score (nSPS) is 20.4. The first-order valence-electron chi connectivity index (χ1n) is 7.21.